The Kier molecular flexibility index (Phi) is 5.57. The molecule has 2 N–H and O–H groups in total. The number of aryl methyl sites for hydroxylation is 1. The first-order valence-electron chi connectivity index (χ1n) is 9.81. The molecule has 1 aliphatic heterocycles. The molecule has 0 amide bonds. The minimum atomic E-state index is 0.651. The number of benzene rings is 1. The molecular weight excluding hydrogens is 372 g/mol. The summed E-state index contributed by atoms with van der Waals surface area (Å²) < 4.78 is 1.88. The predicted molar refractivity (Wildman–Crippen MR) is 115 cm³/mol. The summed E-state index contributed by atoms with van der Waals surface area (Å²) in [6.07, 6.45) is 9.36. The highest BCUT2D eigenvalue weighted by molar-refractivity contribution is 6.31. The number of fused-ring (bicyclic) bond motifs is 1. The highest BCUT2D eigenvalue weighted by atomic mass is 35.5. The van der Waals surface area contributed by atoms with Gasteiger partial charge in [-0.3, -0.25) is 9.67 Å². The fourth-order valence-electron chi connectivity index (χ4n) is 4.10. The second-order valence-electron chi connectivity index (χ2n) is 7.55. The average molecular weight is 399 g/mol. The minimum Gasteiger partial charge on any atom is -0.361 e. The molecule has 28 heavy (non-hydrogen) atoms. The van der Waals surface area contributed by atoms with Crippen molar-refractivity contribution in [3.05, 3.63) is 52.9 Å². The van der Waals surface area contributed by atoms with E-state index >= 15 is 0 Å². The minimum absolute atomic E-state index is 0.651. The number of guanidine groups is 1. The first kappa shape index (κ1) is 18.9. The Morgan fingerprint density at radius 3 is 3.11 bits per heavy atom. The number of likely N-dealkylation sites (tertiary alicyclic amines) is 1. The lowest BCUT2D eigenvalue weighted by atomic mass is 10.0. The largest absolute Gasteiger partial charge is 0.361 e. The molecule has 3 aromatic rings. The molecule has 4 rings (SSSR count). The molecule has 0 saturated carbocycles. The van der Waals surface area contributed by atoms with Crippen LogP contribution >= 0.6 is 11.6 Å². The molecule has 1 unspecified atom stereocenters. The molecule has 7 heteroatoms. The molecule has 1 aliphatic rings. The van der Waals surface area contributed by atoms with Crippen LogP contribution in [-0.2, 0) is 19.9 Å². The molecule has 0 spiro atoms. The van der Waals surface area contributed by atoms with Crippen LogP contribution in [0.2, 0.25) is 5.02 Å². The number of hydrogen-bond donors (Lipinski definition) is 2. The first-order chi connectivity index (χ1) is 13.6. The zero-order chi connectivity index (χ0) is 19.5. The van der Waals surface area contributed by atoms with Gasteiger partial charge in [-0.2, -0.15) is 5.10 Å². The lowest BCUT2D eigenvalue weighted by molar-refractivity contribution is 0.460. The van der Waals surface area contributed by atoms with Crippen LogP contribution in [0, 0.1) is 5.92 Å². The maximum absolute atomic E-state index is 6.15. The van der Waals surface area contributed by atoms with Crippen molar-refractivity contribution in [2.75, 3.05) is 26.7 Å². The number of aliphatic imine (C=N–C) groups is 1. The van der Waals surface area contributed by atoms with Crippen LogP contribution in [0.15, 0.2) is 41.8 Å². The topological polar surface area (TPSA) is 61.2 Å². The van der Waals surface area contributed by atoms with E-state index in [0.717, 1.165) is 49.0 Å². The Morgan fingerprint density at radius 2 is 2.32 bits per heavy atom. The summed E-state index contributed by atoms with van der Waals surface area (Å²) in [6.45, 7) is 2.93. The van der Waals surface area contributed by atoms with Crippen LogP contribution in [0.3, 0.4) is 0 Å². The van der Waals surface area contributed by atoms with Crippen molar-refractivity contribution in [1.29, 1.82) is 0 Å². The fourth-order valence-corrected chi connectivity index (χ4v) is 4.27. The highest BCUT2D eigenvalue weighted by Gasteiger charge is 2.25. The molecule has 3 heterocycles. The third-order valence-corrected chi connectivity index (χ3v) is 5.72. The molecule has 1 atom stereocenters. The van der Waals surface area contributed by atoms with Gasteiger partial charge in [-0.05, 0) is 54.5 Å². The van der Waals surface area contributed by atoms with Crippen molar-refractivity contribution < 1.29 is 0 Å². The van der Waals surface area contributed by atoms with E-state index < -0.39 is 0 Å². The zero-order valence-electron chi connectivity index (χ0n) is 16.5. The molecule has 0 bridgehead atoms. The zero-order valence-corrected chi connectivity index (χ0v) is 17.2. The molecule has 0 aliphatic carbocycles. The van der Waals surface area contributed by atoms with Gasteiger partial charge in [0.2, 0.25) is 0 Å². The predicted octanol–water partition coefficient (Wildman–Crippen LogP) is 3.24. The third kappa shape index (κ3) is 4.17. The summed E-state index contributed by atoms with van der Waals surface area (Å²) in [5.74, 6) is 1.64. The number of halogens is 1. The summed E-state index contributed by atoms with van der Waals surface area (Å²) in [5.41, 5.74) is 3.72. The van der Waals surface area contributed by atoms with Gasteiger partial charge in [-0.25, -0.2) is 0 Å². The summed E-state index contributed by atoms with van der Waals surface area (Å²) in [4.78, 5) is 10.2. The van der Waals surface area contributed by atoms with E-state index in [0.29, 0.717) is 5.92 Å². The second-order valence-corrected chi connectivity index (χ2v) is 7.99. The van der Waals surface area contributed by atoms with Gasteiger partial charge in [-0.1, -0.05) is 11.6 Å². The Labute approximate surface area is 170 Å². The molecule has 1 saturated heterocycles. The van der Waals surface area contributed by atoms with Gasteiger partial charge in [0.1, 0.15) is 0 Å². The first-order valence-corrected chi connectivity index (χ1v) is 10.2. The van der Waals surface area contributed by atoms with Gasteiger partial charge in [-0.15, -0.1) is 0 Å². The SMILES string of the molecule is CN=C(NCCc1c[nH]c2ccc(Cl)cc12)N1CCC(Cc2cnn(C)c2)C1. The third-order valence-electron chi connectivity index (χ3n) is 5.49. The molecule has 2 aromatic heterocycles. The number of rotatable bonds is 5. The lowest BCUT2D eigenvalue weighted by Gasteiger charge is -2.21. The Balaban J connectivity index is 1.30. The number of aromatic nitrogens is 3. The Hall–Kier alpha value is -2.47. The monoisotopic (exact) mass is 398 g/mol. The van der Waals surface area contributed by atoms with E-state index in [2.05, 4.69) is 37.7 Å². The maximum atomic E-state index is 6.15. The molecule has 1 aromatic carbocycles. The van der Waals surface area contributed by atoms with Gasteiger partial charge in [0, 0.05) is 62.0 Å². The van der Waals surface area contributed by atoms with E-state index in [-0.39, 0.29) is 0 Å². The van der Waals surface area contributed by atoms with E-state index in [4.69, 9.17) is 11.6 Å². The number of H-pyrrole nitrogens is 1. The van der Waals surface area contributed by atoms with Crippen molar-refractivity contribution in [1.82, 2.24) is 25.0 Å². The maximum Gasteiger partial charge on any atom is 0.193 e. The quantitative estimate of drug-likeness (QED) is 0.512. The number of nitrogens with zero attached hydrogens (tertiary/aromatic N) is 4. The summed E-state index contributed by atoms with van der Waals surface area (Å²) in [5, 5.41) is 9.78. The number of nitrogens with one attached hydrogen (secondary N) is 2. The van der Waals surface area contributed by atoms with E-state index in [1.807, 2.05) is 43.2 Å². The average Bonchev–Trinajstić information content (AvgIpc) is 3.40. The van der Waals surface area contributed by atoms with Crippen LogP contribution in [0.1, 0.15) is 17.5 Å². The summed E-state index contributed by atoms with van der Waals surface area (Å²) >= 11 is 6.15. The molecule has 0 radical (unpaired) electrons. The summed E-state index contributed by atoms with van der Waals surface area (Å²) in [6, 6.07) is 5.97. The second kappa shape index (κ2) is 8.27. The van der Waals surface area contributed by atoms with E-state index in [1.54, 1.807) is 0 Å². The van der Waals surface area contributed by atoms with Crippen molar-refractivity contribution in [2.45, 2.75) is 19.3 Å². The fraction of sp³-hybridized carbons (Fsp3) is 0.429. The molecular formula is C21H27ClN6. The Bertz CT molecular complexity index is 972. The number of hydrogen-bond acceptors (Lipinski definition) is 2. The highest BCUT2D eigenvalue weighted by Crippen LogP contribution is 2.23. The van der Waals surface area contributed by atoms with Gasteiger partial charge in [0.25, 0.3) is 0 Å². The van der Waals surface area contributed by atoms with Crippen LogP contribution in [0.4, 0.5) is 0 Å². The molecule has 6 nitrogen and oxygen atoms in total. The van der Waals surface area contributed by atoms with Crippen molar-refractivity contribution in [3.63, 3.8) is 0 Å². The van der Waals surface area contributed by atoms with Gasteiger partial charge in [0.15, 0.2) is 5.96 Å². The van der Waals surface area contributed by atoms with Crippen LogP contribution in [0.5, 0.6) is 0 Å². The summed E-state index contributed by atoms with van der Waals surface area (Å²) in [7, 11) is 3.83. The van der Waals surface area contributed by atoms with Crippen LogP contribution in [-0.4, -0.2) is 52.3 Å². The number of aromatic amines is 1. The van der Waals surface area contributed by atoms with Gasteiger partial charge in [0.05, 0.1) is 6.20 Å². The van der Waals surface area contributed by atoms with Crippen molar-refractivity contribution in [3.8, 4) is 0 Å². The van der Waals surface area contributed by atoms with Crippen LogP contribution < -0.4 is 5.32 Å². The van der Waals surface area contributed by atoms with Crippen molar-refractivity contribution in [2.24, 2.45) is 18.0 Å². The standard InChI is InChI=1S/C21H27ClN6/c1-23-21(28-8-6-15(14-28)9-16-11-26-27(2)13-16)24-7-5-17-12-25-20-4-3-18(22)10-19(17)20/h3-4,10-13,15,25H,5-9,14H2,1-2H3,(H,23,24). The van der Waals surface area contributed by atoms with Crippen LogP contribution in [0.25, 0.3) is 10.9 Å². The smallest absolute Gasteiger partial charge is 0.193 e. The molecule has 148 valence electrons. The normalized spacial score (nSPS) is 17.6. The van der Waals surface area contributed by atoms with Crippen molar-refractivity contribution >= 4 is 28.5 Å². The van der Waals surface area contributed by atoms with E-state index in [1.165, 1.54) is 22.9 Å². The molecule has 1 fully saturated rings. The van der Waals surface area contributed by atoms with E-state index in [9.17, 15) is 0 Å². The lowest BCUT2D eigenvalue weighted by Crippen LogP contribution is -2.41. The van der Waals surface area contributed by atoms with Gasteiger partial charge >= 0.3 is 0 Å². The van der Waals surface area contributed by atoms with Gasteiger partial charge < -0.3 is 15.2 Å². The Morgan fingerprint density at radius 1 is 1.43 bits per heavy atom.